The predicted octanol–water partition coefficient (Wildman–Crippen LogP) is 16.2. The molecule has 3 aromatic heterocycles. The van der Waals surface area contributed by atoms with Crippen LogP contribution in [0.2, 0.25) is 0 Å². The van der Waals surface area contributed by atoms with Gasteiger partial charge in [-0.25, -0.2) is 4.98 Å². The summed E-state index contributed by atoms with van der Waals surface area (Å²) in [4.78, 5) is 16.0. The fourth-order valence-corrected chi connectivity index (χ4v) is 10.7. The van der Waals surface area contributed by atoms with Crippen LogP contribution in [0.15, 0.2) is 237 Å². The number of nitrogens with zero attached hydrogens (tertiary/aromatic N) is 5. The zero-order valence-electron chi connectivity index (χ0n) is 36.8. The van der Waals surface area contributed by atoms with Crippen molar-refractivity contribution in [3.63, 3.8) is 0 Å². The van der Waals surface area contributed by atoms with E-state index < -0.39 is 0 Å². The second-order valence-corrected chi connectivity index (χ2v) is 17.5. The summed E-state index contributed by atoms with van der Waals surface area (Å²) in [7, 11) is 0. The average Bonchev–Trinajstić information content (AvgIpc) is 3.94. The van der Waals surface area contributed by atoms with Gasteiger partial charge in [0.05, 0.1) is 27.8 Å². The van der Waals surface area contributed by atoms with E-state index in [-0.39, 0.29) is 0 Å². The van der Waals surface area contributed by atoms with Gasteiger partial charge >= 0.3 is 0 Å². The van der Waals surface area contributed by atoms with Gasteiger partial charge in [0.2, 0.25) is 5.95 Å². The summed E-state index contributed by atoms with van der Waals surface area (Å²) in [6, 6.07) is 84.7. The number of para-hydroxylation sites is 3. The third-order valence-electron chi connectivity index (χ3n) is 13.8. The maximum atomic E-state index is 5.41. The van der Waals surface area contributed by atoms with Crippen molar-refractivity contribution in [2.24, 2.45) is 0 Å². The van der Waals surface area contributed by atoms with E-state index in [0.29, 0.717) is 17.6 Å². The highest BCUT2D eigenvalue weighted by Gasteiger charge is 2.25. The normalized spacial score (nSPS) is 11.8. The van der Waals surface area contributed by atoms with Gasteiger partial charge in [0.25, 0.3) is 0 Å². The SMILES string of the molecule is c1ccc(-c2ccc(-c3nc(-c4ccccc4)nc(-n4c5ccccc5c5ccc6c7ccccc7n(-c7ccccc7-c7ccc8c9ccccc9c9ccccc9c8c7)c6c54)n3)cc2)cc1. The van der Waals surface area contributed by atoms with Crippen molar-refractivity contribution in [1.82, 2.24) is 24.1 Å². The molecule has 0 fully saturated rings. The first-order valence-electron chi connectivity index (χ1n) is 23.1. The number of rotatable bonds is 6. The summed E-state index contributed by atoms with van der Waals surface area (Å²) in [5, 5.41) is 12.1. The Morgan fingerprint density at radius 3 is 1.26 bits per heavy atom. The van der Waals surface area contributed by atoms with Crippen molar-refractivity contribution in [3.8, 4) is 56.7 Å². The van der Waals surface area contributed by atoms with Crippen LogP contribution in [-0.2, 0) is 0 Å². The first-order chi connectivity index (χ1) is 33.7. The van der Waals surface area contributed by atoms with E-state index in [2.05, 4.69) is 221 Å². The molecule has 0 atom stereocenters. The molecule has 0 spiro atoms. The van der Waals surface area contributed by atoms with Crippen LogP contribution in [0.1, 0.15) is 0 Å². The highest BCUT2D eigenvalue weighted by Crippen LogP contribution is 2.44. The average molecular weight is 866 g/mol. The van der Waals surface area contributed by atoms with E-state index in [1.54, 1.807) is 0 Å². The van der Waals surface area contributed by atoms with Crippen LogP contribution in [-0.4, -0.2) is 24.1 Å². The highest BCUT2D eigenvalue weighted by atomic mass is 15.2. The Bertz CT molecular complexity index is 4270. The Balaban J connectivity index is 1.05. The van der Waals surface area contributed by atoms with Gasteiger partial charge in [0, 0.05) is 38.2 Å². The topological polar surface area (TPSA) is 48.5 Å². The van der Waals surface area contributed by atoms with Gasteiger partial charge in [-0.1, -0.05) is 212 Å². The van der Waals surface area contributed by atoms with Crippen LogP contribution in [0, 0.1) is 0 Å². The maximum Gasteiger partial charge on any atom is 0.238 e. The van der Waals surface area contributed by atoms with Crippen molar-refractivity contribution < 1.29 is 0 Å². The number of aromatic nitrogens is 5. The van der Waals surface area contributed by atoms with Gasteiger partial charge in [-0.3, -0.25) is 4.57 Å². The predicted molar refractivity (Wildman–Crippen MR) is 283 cm³/mol. The van der Waals surface area contributed by atoms with Gasteiger partial charge in [-0.05, 0) is 73.3 Å². The second-order valence-electron chi connectivity index (χ2n) is 17.5. The van der Waals surface area contributed by atoms with Crippen LogP contribution in [0.5, 0.6) is 0 Å². The quantitative estimate of drug-likeness (QED) is 0.156. The summed E-state index contributed by atoms with van der Waals surface area (Å²) in [6.07, 6.45) is 0. The van der Waals surface area contributed by atoms with Gasteiger partial charge in [-0.15, -0.1) is 0 Å². The van der Waals surface area contributed by atoms with Gasteiger partial charge in [0.1, 0.15) is 0 Å². The molecule has 5 heteroatoms. The Labute approximate surface area is 391 Å². The summed E-state index contributed by atoms with van der Waals surface area (Å²) in [5.74, 6) is 1.77. The molecule has 5 nitrogen and oxygen atoms in total. The molecule has 0 aliphatic heterocycles. The molecular weight excluding hydrogens is 827 g/mol. The zero-order valence-corrected chi connectivity index (χ0v) is 36.8. The molecule has 68 heavy (non-hydrogen) atoms. The molecule has 0 unspecified atom stereocenters. The Kier molecular flexibility index (Phi) is 8.52. The van der Waals surface area contributed by atoms with Gasteiger partial charge in [0.15, 0.2) is 11.6 Å². The fraction of sp³-hybridized carbons (Fsp3) is 0. The smallest absolute Gasteiger partial charge is 0.238 e. The number of hydrogen-bond acceptors (Lipinski definition) is 3. The molecule has 0 amide bonds. The molecule has 0 saturated carbocycles. The van der Waals surface area contributed by atoms with E-state index >= 15 is 0 Å². The van der Waals surface area contributed by atoms with Crippen molar-refractivity contribution in [2.45, 2.75) is 0 Å². The van der Waals surface area contributed by atoms with E-state index in [0.717, 1.165) is 77.3 Å². The van der Waals surface area contributed by atoms with Crippen molar-refractivity contribution >= 4 is 75.9 Å². The molecule has 0 aliphatic carbocycles. The molecule has 0 N–H and O–H groups in total. The Morgan fingerprint density at radius 2 is 0.647 bits per heavy atom. The minimum absolute atomic E-state index is 0.554. The van der Waals surface area contributed by atoms with Crippen molar-refractivity contribution in [1.29, 1.82) is 0 Å². The molecule has 14 rings (SSSR count). The highest BCUT2D eigenvalue weighted by molar-refractivity contribution is 6.26. The first-order valence-corrected chi connectivity index (χ1v) is 23.1. The Hall–Kier alpha value is -9.19. The summed E-state index contributed by atoms with van der Waals surface area (Å²) in [6.45, 7) is 0. The number of benzene rings is 11. The molecule has 0 bridgehead atoms. The van der Waals surface area contributed by atoms with Crippen molar-refractivity contribution in [3.05, 3.63) is 237 Å². The number of hydrogen-bond donors (Lipinski definition) is 0. The van der Waals surface area contributed by atoms with E-state index in [1.807, 2.05) is 24.3 Å². The Morgan fingerprint density at radius 1 is 0.250 bits per heavy atom. The summed E-state index contributed by atoms with van der Waals surface area (Å²) >= 11 is 0. The molecule has 0 aliphatic rings. The molecule has 3 heterocycles. The van der Waals surface area contributed by atoms with Gasteiger partial charge in [-0.2, -0.15) is 9.97 Å². The third kappa shape index (κ3) is 5.86. The molecule has 11 aromatic carbocycles. The minimum atomic E-state index is 0.554. The lowest BCUT2D eigenvalue weighted by Crippen LogP contribution is -2.07. The maximum absolute atomic E-state index is 5.41. The standard InChI is InChI=1S/C63H39N5/c1-3-17-40(18-4-1)41-31-33-43(34-32-41)62-64-61(42-19-5-2-6-20-42)65-63(66-62)68-58-30-16-13-27-52(58)54-38-37-53-51-26-12-15-29-57(51)67(59(53)60(54)68)56-28-14-11-21-45(56)44-35-36-50-48-24-8-7-22-46(48)47-23-9-10-25-49(47)55(50)39-44/h1-39H. The second kappa shape index (κ2) is 15.2. The van der Waals surface area contributed by atoms with E-state index in [1.165, 1.54) is 37.7 Å². The first kappa shape index (κ1) is 38.1. The molecule has 316 valence electrons. The van der Waals surface area contributed by atoms with Crippen LogP contribution in [0.4, 0.5) is 0 Å². The van der Waals surface area contributed by atoms with E-state index in [9.17, 15) is 0 Å². The monoisotopic (exact) mass is 865 g/mol. The van der Waals surface area contributed by atoms with Crippen LogP contribution in [0.25, 0.3) is 133 Å². The molecule has 14 aromatic rings. The van der Waals surface area contributed by atoms with Crippen LogP contribution in [0.3, 0.4) is 0 Å². The van der Waals surface area contributed by atoms with E-state index in [4.69, 9.17) is 15.0 Å². The molecule has 0 saturated heterocycles. The lowest BCUT2D eigenvalue weighted by Gasteiger charge is -2.17. The van der Waals surface area contributed by atoms with Crippen LogP contribution >= 0.6 is 0 Å². The minimum Gasteiger partial charge on any atom is -0.307 e. The third-order valence-corrected chi connectivity index (χ3v) is 13.8. The fourth-order valence-electron chi connectivity index (χ4n) is 10.7. The number of fused-ring (bicyclic) bond motifs is 13. The summed E-state index contributed by atoms with van der Waals surface area (Å²) < 4.78 is 4.75. The van der Waals surface area contributed by atoms with Crippen LogP contribution < -0.4 is 0 Å². The molecular formula is C63H39N5. The molecule has 0 radical (unpaired) electrons. The lowest BCUT2D eigenvalue weighted by atomic mass is 9.92. The largest absolute Gasteiger partial charge is 0.307 e. The zero-order chi connectivity index (χ0) is 44.7. The lowest BCUT2D eigenvalue weighted by molar-refractivity contribution is 0.953. The van der Waals surface area contributed by atoms with Crippen molar-refractivity contribution in [2.75, 3.05) is 0 Å². The summed E-state index contributed by atoms with van der Waals surface area (Å²) in [5.41, 5.74) is 11.8. The van der Waals surface area contributed by atoms with Gasteiger partial charge < -0.3 is 4.57 Å².